The molecule has 3 amide bonds. The van der Waals surface area contributed by atoms with Crippen molar-refractivity contribution in [2.75, 3.05) is 25.9 Å². The normalized spacial score (nSPS) is 11.4. The quantitative estimate of drug-likeness (QED) is 0.0683. The Morgan fingerprint density at radius 3 is 1.46 bits per heavy atom. The number of rotatable bonds is 26. The second kappa shape index (κ2) is 25.1. The molecular weight excluding hydrogens is 491 g/mol. The Kier molecular flexibility index (Phi) is 24.2. The summed E-state index contributed by atoms with van der Waals surface area (Å²) in [4.78, 5) is 35.7. The number of carbonyl (C=O) groups excluding carboxylic acids is 3. The van der Waals surface area contributed by atoms with Crippen molar-refractivity contribution in [1.82, 2.24) is 10.6 Å². The summed E-state index contributed by atoms with van der Waals surface area (Å²) in [6, 6.07) is 0. The summed E-state index contributed by atoms with van der Waals surface area (Å²) in [6.45, 7) is 6.58. The summed E-state index contributed by atoms with van der Waals surface area (Å²) in [5.74, 6) is -1.67. The van der Waals surface area contributed by atoms with Gasteiger partial charge in [0.2, 0.25) is 17.7 Å². The lowest BCUT2D eigenvalue weighted by molar-refractivity contribution is -0.133. The summed E-state index contributed by atoms with van der Waals surface area (Å²) >= 11 is 0. The van der Waals surface area contributed by atoms with Gasteiger partial charge in [0.15, 0.2) is 0 Å². The van der Waals surface area contributed by atoms with Crippen molar-refractivity contribution in [1.29, 1.82) is 0 Å². The van der Waals surface area contributed by atoms with E-state index < -0.39 is 31.7 Å². The van der Waals surface area contributed by atoms with Crippen LogP contribution in [0, 0.1) is 0 Å². The minimum atomic E-state index is -3.34. The maximum atomic E-state index is 12.3. The molecule has 2 N–H and O–H groups in total. The number of imide groups is 1. The van der Waals surface area contributed by atoms with E-state index >= 15 is 0 Å². The molecular formula is C28H55N2O6P. The SMILES string of the molecule is CCCCCCCCCCCCCCCCCCNC(=O)CC(=O)NC(=O)CCP(=O)(OCC)OCC. The summed E-state index contributed by atoms with van der Waals surface area (Å²) in [7, 11) is -3.34. The largest absolute Gasteiger partial charge is 0.356 e. The lowest BCUT2D eigenvalue weighted by Gasteiger charge is -2.16. The smallest absolute Gasteiger partial charge is 0.331 e. The summed E-state index contributed by atoms with van der Waals surface area (Å²) in [5, 5.41) is 4.89. The molecule has 0 atom stereocenters. The van der Waals surface area contributed by atoms with Gasteiger partial charge in [0.05, 0.1) is 19.4 Å². The molecule has 0 saturated carbocycles. The van der Waals surface area contributed by atoms with E-state index in [1.54, 1.807) is 13.8 Å². The first-order valence-corrected chi connectivity index (χ1v) is 16.6. The fraction of sp³-hybridized carbons (Fsp3) is 0.893. The molecule has 0 rings (SSSR count). The standard InChI is InChI=1S/C28H55N2O6P/c1-4-7-8-9-10-11-12-13-14-15-16-17-18-19-20-21-23-29-27(32)25-28(33)30-26(31)22-24-37(34,35-5-2)36-6-3/h4-25H2,1-3H3,(H,29,32)(H,30,31,33). The van der Waals surface area contributed by atoms with E-state index in [-0.39, 0.29) is 25.8 Å². The summed E-state index contributed by atoms with van der Waals surface area (Å²) in [5.41, 5.74) is 0. The molecule has 0 unspecified atom stereocenters. The number of hydrogen-bond acceptors (Lipinski definition) is 6. The Balaban J connectivity index is 3.60. The Morgan fingerprint density at radius 1 is 0.595 bits per heavy atom. The molecule has 0 aliphatic heterocycles. The van der Waals surface area contributed by atoms with E-state index in [2.05, 4.69) is 17.6 Å². The topological polar surface area (TPSA) is 111 Å². The first-order chi connectivity index (χ1) is 17.9. The van der Waals surface area contributed by atoms with Crippen LogP contribution < -0.4 is 10.6 Å². The first kappa shape index (κ1) is 35.8. The zero-order valence-corrected chi connectivity index (χ0v) is 24.8. The third-order valence-electron chi connectivity index (χ3n) is 6.22. The van der Waals surface area contributed by atoms with Crippen molar-refractivity contribution in [2.45, 2.75) is 136 Å². The monoisotopic (exact) mass is 546 g/mol. The van der Waals surface area contributed by atoms with Crippen molar-refractivity contribution < 1.29 is 28.0 Å². The highest BCUT2D eigenvalue weighted by molar-refractivity contribution is 7.53. The average Bonchev–Trinajstić information content (AvgIpc) is 2.85. The van der Waals surface area contributed by atoms with Crippen molar-refractivity contribution in [3.8, 4) is 0 Å². The Bertz CT molecular complexity index is 634. The second-order valence-electron chi connectivity index (χ2n) is 9.72. The molecule has 0 bridgehead atoms. The van der Waals surface area contributed by atoms with E-state index in [4.69, 9.17) is 9.05 Å². The molecule has 0 aliphatic carbocycles. The number of carbonyl (C=O) groups is 3. The molecule has 0 spiro atoms. The van der Waals surface area contributed by atoms with Crippen LogP contribution in [0.4, 0.5) is 0 Å². The third kappa shape index (κ3) is 23.6. The van der Waals surface area contributed by atoms with Crippen molar-refractivity contribution in [3.05, 3.63) is 0 Å². The molecule has 218 valence electrons. The molecule has 0 aliphatic rings. The fourth-order valence-electron chi connectivity index (χ4n) is 4.17. The predicted octanol–water partition coefficient (Wildman–Crippen LogP) is 7.05. The van der Waals surface area contributed by atoms with Gasteiger partial charge in [-0.05, 0) is 20.3 Å². The zero-order chi connectivity index (χ0) is 27.6. The van der Waals surface area contributed by atoms with E-state index in [9.17, 15) is 18.9 Å². The lowest BCUT2D eigenvalue weighted by atomic mass is 10.0. The van der Waals surface area contributed by atoms with Gasteiger partial charge in [-0.1, -0.05) is 103 Å². The highest BCUT2D eigenvalue weighted by Gasteiger charge is 2.25. The summed E-state index contributed by atoms with van der Waals surface area (Å²) in [6.07, 6.45) is 20.0. The molecule has 0 fully saturated rings. The van der Waals surface area contributed by atoms with Gasteiger partial charge in [-0.15, -0.1) is 0 Å². The van der Waals surface area contributed by atoms with Crippen LogP contribution in [0.3, 0.4) is 0 Å². The minimum Gasteiger partial charge on any atom is -0.356 e. The predicted molar refractivity (Wildman–Crippen MR) is 151 cm³/mol. The van der Waals surface area contributed by atoms with Gasteiger partial charge in [-0.3, -0.25) is 24.3 Å². The van der Waals surface area contributed by atoms with Gasteiger partial charge in [-0.25, -0.2) is 0 Å². The van der Waals surface area contributed by atoms with Gasteiger partial charge in [0.1, 0.15) is 6.42 Å². The zero-order valence-electron chi connectivity index (χ0n) is 24.0. The fourth-order valence-corrected chi connectivity index (χ4v) is 5.77. The molecule has 0 heterocycles. The van der Waals surface area contributed by atoms with Crippen molar-refractivity contribution >= 4 is 25.3 Å². The molecule has 37 heavy (non-hydrogen) atoms. The van der Waals surface area contributed by atoms with Crippen LogP contribution in [-0.2, 0) is 28.0 Å². The number of unbranched alkanes of at least 4 members (excludes halogenated alkanes) is 15. The molecule has 8 nitrogen and oxygen atoms in total. The minimum absolute atomic E-state index is 0.112. The van der Waals surface area contributed by atoms with Crippen LogP contribution in [0.1, 0.15) is 136 Å². The molecule has 0 aromatic rings. The van der Waals surface area contributed by atoms with Crippen LogP contribution in [0.5, 0.6) is 0 Å². The highest BCUT2D eigenvalue weighted by atomic mass is 31.2. The van der Waals surface area contributed by atoms with Gasteiger partial charge < -0.3 is 14.4 Å². The molecule has 0 saturated heterocycles. The van der Waals surface area contributed by atoms with Gasteiger partial charge in [-0.2, -0.15) is 0 Å². The number of nitrogens with one attached hydrogen (secondary N) is 2. The van der Waals surface area contributed by atoms with Crippen LogP contribution in [0.25, 0.3) is 0 Å². The van der Waals surface area contributed by atoms with E-state index in [0.29, 0.717) is 6.54 Å². The number of hydrogen-bond donors (Lipinski definition) is 2. The second-order valence-corrected chi connectivity index (χ2v) is 11.9. The molecule has 9 heteroatoms. The molecule has 0 radical (unpaired) electrons. The van der Waals surface area contributed by atoms with Crippen LogP contribution in [-0.4, -0.2) is 43.6 Å². The Labute approximate surface area is 226 Å². The van der Waals surface area contributed by atoms with E-state index in [0.717, 1.165) is 19.3 Å². The van der Waals surface area contributed by atoms with E-state index in [1.807, 2.05) is 0 Å². The maximum absolute atomic E-state index is 12.3. The average molecular weight is 547 g/mol. The Morgan fingerprint density at radius 2 is 1.03 bits per heavy atom. The lowest BCUT2D eigenvalue weighted by Crippen LogP contribution is -2.36. The van der Waals surface area contributed by atoms with Crippen LogP contribution in [0.2, 0.25) is 0 Å². The first-order valence-electron chi connectivity index (χ1n) is 14.8. The Hall–Kier alpha value is -1.24. The van der Waals surface area contributed by atoms with Crippen LogP contribution in [0.15, 0.2) is 0 Å². The van der Waals surface area contributed by atoms with Crippen LogP contribution >= 0.6 is 7.60 Å². The van der Waals surface area contributed by atoms with Gasteiger partial charge in [0, 0.05) is 13.0 Å². The number of amides is 3. The molecule has 0 aromatic heterocycles. The van der Waals surface area contributed by atoms with Crippen molar-refractivity contribution in [3.63, 3.8) is 0 Å². The van der Waals surface area contributed by atoms with Gasteiger partial charge >= 0.3 is 7.60 Å². The maximum Gasteiger partial charge on any atom is 0.331 e. The summed E-state index contributed by atoms with van der Waals surface area (Å²) < 4.78 is 22.6. The third-order valence-corrected chi connectivity index (χ3v) is 8.29. The van der Waals surface area contributed by atoms with E-state index in [1.165, 1.54) is 83.5 Å². The van der Waals surface area contributed by atoms with Gasteiger partial charge in [0.25, 0.3) is 0 Å². The molecule has 0 aromatic carbocycles. The van der Waals surface area contributed by atoms with Crippen molar-refractivity contribution in [2.24, 2.45) is 0 Å². The highest BCUT2D eigenvalue weighted by Crippen LogP contribution is 2.48.